The van der Waals surface area contributed by atoms with E-state index in [9.17, 15) is 0 Å². The Bertz CT molecular complexity index is 1790. The predicted octanol–water partition coefficient (Wildman–Crippen LogP) is 13.1. The van der Waals surface area contributed by atoms with Gasteiger partial charge in [-0.25, -0.2) is 0 Å². The Morgan fingerprint density at radius 3 is 1.91 bits per heavy atom. The molecule has 0 aliphatic carbocycles. The van der Waals surface area contributed by atoms with Gasteiger partial charge in [0.05, 0.1) is 0 Å². The molecule has 0 radical (unpaired) electrons. The molecule has 47 heavy (non-hydrogen) atoms. The van der Waals surface area contributed by atoms with Crippen molar-refractivity contribution >= 4 is 54.4 Å². The first-order valence-electron chi connectivity index (χ1n) is 17.2. The summed E-state index contributed by atoms with van der Waals surface area (Å²) < 4.78 is 16.3. The van der Waals surface area contributed by atoms with Crippen molar-refractivity contribution < 1.29 is 8.39 Å². The fourth-order valence-electron chi connectivity index (χ4n) is 5.68. The van der Waals surface area contributed by atoms with Crippen molar-refractivity contribution in [2.24, 2.45) is 5.41 Å². The monoisotopic (exact) mass is 653 g/mol. The molecule has 3 aromatic rings. The Balaban J connectivity index is 0.00000174. The van der Waals surface area contributed by atoms with Crippen LogP contribution in [0.15, 0.2) is 106 Å². The number of rotatable bonds is 7. The first-order valence-corrected chi connectivity index (χ1v) is 18.3. The summed E-state index contributed by atoms with van der Waals surface area (Å²) in [7, 11) is -1.57. The van der Waals surface area contributed by atoms with Crippen LogP contribution >= 0.6 is 8.16 Å². The molecular weight excluding hydrogens is 593 g/mol. The third-order valence-corrected chi connectivity index (χ3v) is 9.43. The summed E-state index contributed by atoms with van der Waals surface area (Å²) >= 11 is 0. The molecule has 1 aromatic heterocycles. The molecule has 254 valence electrons. The van der Waals surface area contributed by atoms with Crippen LogP contribution in [-0.4, -0.2) is 6.04 Å². The molecule has 2 unspecified atom stereocenters. The number of hydrogen-bond acceptors (Lipinski definition) is 3. The van der Waals surface area contributed by atoms with E-state index in [0.29, 0.717) is 0 Å². The number of benzene rings is 2. The Morgan fingerprint density at radius 2 is 1.36 bits per heavy atom. The molecule has 0 N–H and O–H groups in total. The van der Waals surface area contributed by atoms with E-state index in [2.05, 4.69) is 107 Å². The van der Waals surface area contributed by atoms with Crippen LogP contribution in [0.25, 0.3) is 46.2 Å². The van der Waals surface area contributed by atoms with E-state index in [1.807, 2.05) is 91.8 Å². The minimum absolute atomic E-state index is 0.0268. The van der Waals surface area contributed by atoms with E-state index in [0.717, 1.165) is 55.6 Å². The van der Waals surface area contributed by atoms with Gasteiger partial charge < -0.3 is 8.39 Å². The molecule has 3 nitrogen and oxygen atoms in total. The summed E-state index contributed by atoms with van der Waals surface area (Å²) in [5, 5.41) is 4.07. The fourth-order valence-corrected chi connectivity index (χ4v) is 7.54. The molecule has 4 heteroatoms. The molecule has 0 bridgehead atoms. The maximum Gasteiger partial charge on any atom is 0.341 e. The van der Waals surface area contributed by atoms with Gasteiger partial charge in [0.2, 0.25) is 0 Å². The van der Waals surface area contributed by atoms with Crippen molar-refractivity contribution in [2.75, 3.05) is 4.67 Å². The zero-order valence-corrected chi connectivity index (χ0v) is 32.2. The molecule has 1 aliphatic rings. The molecule has 0 saturated carbocycles. The van der Waals surface area contributed by atoms with Gasteiger partial charge in [0.15, 0.2) is 0 Å². The van der Waals surface area contributed by atoms with Crippen molar-refractivity contribution in [3.8, 4) is 0 Å². The average Bonchev–Trinajstić information content (AvgIpc) is 3.24. The highest BCUT2D eigenvalue weighted by Crippen LogP contribution is 2.49. The van der Waals surface area contributed by atoms with E-state index < -0.39 is 8.16 Å². The third-order valence-electron chi connectivity index (χ3n) is 7.82. The normalized spacial score (nSPS) is 16.9. The lowest BCUT2D eigenvalue weighted by Gasteiger charge is -2.44. The molecule has 2 aromatic carbocycles. The topological polar surface area (TPSA) is 29.5 Å². The highest BCUT2D eigenvalue weighted by atomic mass is 31.1. The Kier molecular flexibility index (Phi) is 17.8. The minimum Gasteiger partial charge on any atom is -0.404 e. The van der Waals surface area contributed by atoms with Gasteiger partial charge in [-0.2, -0.15) is 0 Å². The highest BCUT2D eigenvalue weighted by Gasteiger charge is 2.39. The zero-order valence-electron chi connectivity index (χ0n) is 31.3. The van der Waals surface area contributed by atoms with E-state index in [1.165, 1.54) is 5.57 Å². The number of hydrogen-bond donors (Lipinski definition) is 0. The third kappa shape index (κ3) is 9.33. The number of fused-ring (bicyclic) bond motifs is 3. The van der Waals surface area contributed by atoms with Crippen LogP contribution in [0.1, 0.15) is 101 Å². The van der Waals surface area contributed by atoms with Gasteiger partial charge in [-0.3, -0.25) is 4.67 Å². The number of allylic oxidation sites excluding steroid dienone is 8. The quantitative estimate of drug-likeness (QED) is 0.238. The lowest BCUT2D eigenvalue weighted by Crippen LogP contribution is -2.45. The summed E-state index contributed by atoms with van der Waals surface area (Å²) in [4.78, 5) is 0. The van der Waals surface area contributed by atoms with Gasteiger partial charge in [0.25, 0.3) is 0 Å². The Labute approximate surface area is 287 Å². The Morgan fingerprint density at radius 1 is 0.787 bits per heavy atom. The van der Waals surface area contributed by atoms with E-state index >= 15 is 0 Å². The molecule has 0 amide bonds. The maximum atomic E-state index is 7.00. The smallest absolute Gasteiger partial charge is 0.341 e. The van der Waals surface area contributed by atoms with Crippen LogP contribution < -0.4 is 15.1 Å². The van der Waals surface area contributed by atoms with Crippen molar-refractivity contribution in [3.63, 3.8) is 0 Å². The first kappa shape index (κ1) is 41.1. The minimum atomic E-state index is -1.57. The average molecular weight is 654 g/mol. The summed E-state index contributed by atoms with van der Waals surface area (Å²) in [5.74, 6) is 0. The van der Waals surface area contributed by atoms with Crippen molar-refractivity contribution in [1.29, 1.82) is 0 Å². The van der Waals surface area contributed by atoms with Crippen LogP contribution in [0.2, 0.25) is 0 Å². The highest BCUT2D eigenvalue weighted by molar-refractivity contribution is 7.39. The molecule has 0 fully saturated rings. The fraction of sp³-hybridized carbons (Fsp3) is 0.349. The van der Waals surface area contributed by atoms with Gasteiger partial charge in [-0.15, -0.1) is 0 Å². The SMILES string of the molecule is C=C/C=C\C1=C(C)CC(C)(C)C(C)N1p1oc2ccc(/C=C\C)c(/C=C\C)c2c2c(=C/C=C)/c(=C\C=C)ccc2o1.CC.CC.CC. The van der Waals surface area contributed by atoms with Gasteiger partial charge in [-0.05, 0) is 84.9 Å². The van der Waals surface area contributed by atoms with Gasteiger partial charge in [0, 0.05) is 22.5 Å². The van der Waals surface area contributed by atoms with E-state index in [1.54, 1.807) is 0 Å². The van der Waals surface area contributed by atoms with Crippen LogP contribution in [-0.2, 0) is 0 Å². The van der Waals surface area contributed by atoms with Gasteiger partial charge >= 0.3 is 8.16 Å². The van der Waals surface area contributed by atoms with Crippen LogP contribution in [0, 0.1) is 5.41 Å². The Hall–Kier alpha value is -3.94. The predicted molar refractivity (Wildman–Crippen MR) is 216 cm³/mol. The van der Waals surface area contributed by atoms with Crippen LogP contribution in [0.4, 0.5) is 0 Å². The molecule has 2 heterocycles. The largest absolute Gasteiger partial charge is 0.404 e. The van der Waals surface area contributed by atoms with E-state index in [4.69, 9.17) is 8.39 Å². The first-order chi connectivity index (χ1) is 22.7. The molecule has 4 rings (SSSR count). The van der Waals surface area contributed by atoms with Crippen LogP contribution in [0.5, 0.6) is 0 Å². The van der Waals surface area contributed by atoms with Gasteiger partial charge in [-0.1, -0.05) is 148 Å². The summed E-state index contributed by atoms with van der Waals surface area (Å²) in [6.07, 6.45) is 23.1. The molecule has 0 spiro atoms. The summed E-state index contributed by atoms with van der Waals surface area (Å²) in [6.45, 7) is 37.1. The van der Waals surface area contributed by atoms with Crippen LogP contribution in [0.3, 0.4) is 0 Å². The second-order valence-corrected chi connectivity index (χ2v) is 12.3. The standard InChI is InChI=1S/C37H42NO2P.3C2H6/c1-10-15-20-32-26(6)25-37(8,9)27(7)38(32)41-39-33-23-21-28(16-11-2)30(18-13-4)35(33)36-31(19-14-5)29(17-12-3)22-24-34(36)40-41;3*1-2/h10-24,27H,1-2,4,25H2,3,5-9H3;3*1-2H3/b17-12-,19-14-,20-15-,28-16-,30-18+;;;. The second kappa shape index (κ2) is 20.3. The second-order valence-electron chi connectivity index (χ2n) is 11.1. The zero-order chi connectivity index (χ0) is 35.7. The van der Waals surface area contributed by atoms with E-state index in [-0.39, 0.29) is 11.5 Å². The molecule has 0 saturated heterocycles. The molecule has 2 atom stereocenters. The summed E-state index contributed by atoms with van der Waals surface area (Å²) in [6, 6.07) is 8.53. The molecule has 1 aliphatic heterocycles. The van der Waals surface area contributed by atoms with Crippen molar-refractivity contribution in [3.05, 3.63) is 119 Å². The molecular formula is C43H60NO2P. The lowest BCUT2D eigenvalue weighted by atomic mass is 9.76. The summed E-state index contributed by atoms with van der Waals surface area (Å²) in [5.41, 5.74) is 6.25. The van der Waals surface area contributed by atoms with Crippen molar-refractivity contribution in [1.82, 2.24) is 0 Å². The van der Waals surface area contributed by atoms with Gasteiger partial charge in [0.1, 0.15) is 11.2 Å². The maximum absolute atomic E-state index is 7.00. The lowest BCUT2D eigenvalue weighted by molar-refractivity contribution is 0.282. The number of nitrogens with zero attached hydrogens (tertiary/aromatic N) is 1. The van der Waals surface area contributed by atoms with Crippen molar-refractivity contribution in [2.45, 2.75) is 95.5 Å².